The second kappa shape index (κ2) is 9.07. The summed E-state index contributed by atoms with van der Waals surface area (Å²) in [7, 11) is 0. The van der Waals surface area contributed by atoms with Crippen LogP contribution in [0.4, 0.5) is 8.78 Å². The predicted octanol–water partition coefficient (Wildman–Crippen LogP) is 4.68. The summed E-state index contributed by atoms with van der Waals surface area (Å²) >= 11 is 0. The fourth-order valence-electron chi connectivity index (χ4n) is 3.68. The summed E-state index contributed by atoms with van der Waals surface area (Å²) in [6, 6.07) is 12.0. The lowest BCUT2D eigenvalue weighted by molar-refractivity contribution is -0.137. The highest BCUT2D eigenvalue weighted by Gasteiger charge is 2.31. The van der Waals surface area contributed by atoms with Crippen molar-refractivity contribution in [3.05, 3.63) is 83.6 Å². The van der Waals surface area contributed by atoms with Crippen LogP contribution in [0, 0.1) is 11.6 Å². The Kier molecular flexibility index (Phi) is 6.07. The molecule has 0 unspecified atom stereocenters. The number of aromatic nitrogens is 1. The van der Waals surface area contributed by atoms with Crippen LogP contribution in [-0.4, -0.2) is 28.9 Å². The van der Waals surface area contributed by atoms with Gasteiger partial charge in [0.2, 0.25) is 5.89 Å². The minimum absolute atomic E-state index is 0.0490. The molecule has 7 heteroatoms. The van der Waals surface area contributed by atoms with Gasteiger partial charge in [0.15, 0.2) is 18.2 Å². The Bertz CT molecular complexity index is 1020. The molecule has 1 aromatic heterocycles. The molecule has 1 atom stereocenters. The number of piperidine rings is 1. The number of likely N-dealkylation sites (tertiary alicyclic amines) is 1. The van der Waals surface area contributed by atoms with Gasteiger partial charge in [-0.3, -0.25) is 4.79 Å². The van der Waals surface area contributed by atoms with Gasteiger partial charge in [-0.2, -0.15) is 0 Å². The van der Waals surface area contributed by atoms with Gasteiger partial charge in [-0.15, -0.1) is 0 Å². The van der Waals surface area contributed by atoms with E-state index < -0.39 is 5.82 Å². The first-order valence-electron chi connectivity index (χ1n) is 9.96. The molecule has 4 rings (SSSR count). The summed E-state index contributed by atoms with van der Waals surface area (Å²) in [5.74, 6) is 0.0681. The van der Waals surface area contributed by atoms with E-state index in [9.17, 15) is 13.6 Å². The number of para-hydroxylation sites is 1. The van der Waals surface area contributed by atoms with Gasteiger partial charge in [-0.1, -0.05) is 24.3 Å². The van der Waals surface area contributed by atoms with Crippen molar-refractivity contribution in [3.63, 3.8) is 0 Å². The Morgan fingerprint density at radius 1 is 1.17 bits per heavy atom. The van der Waals surface area contributed by atoms with E-state index in [2.05, 4.69) is 4.98 Å². The van der Waals surface area contributed by atoms with Crippen molar-refractivity contribution in [2.45, 2.75) is 31.7 Å². The van der Waals surface area contributed by atoms with Crippen molar-refractivity contribution >= 4 is 5.91 Å². The first-order valence-corrected chi connectivity index (χ1v) is 9.96. The minimum Gasteiger partial charge on any atom is -0.481 e. The van der Waals surface area contributed by atoms with E-state index in [1.54, 1.807) is 29.3 Å². The number of ether oxygens (including phenoxy) is 1. The van der Waals surface area contributed by atoms with E-state index in [0.717, 1.165) is 24.8 Å². The summed E-state index contributed by atoms with van der Waals surface area (Å²) in [6.45, 7) is 0.306. The largest absolute Gasteiger partial charge is 0.481 e. The Morgan fingerprint density at radius 2 is 2.03 bits per heavy atom. The molecule has 0 bridgehead atoms. The van der Waals surface area contributed by atoms with Crippen LogP contribution < -0.4 is 4.74 Å². The summed E-state index contributed by atoms with van der Waals surface area (Å²) in [5, 5.41) is 0. The average Bonchev–Trinajstić information content (AvgIpc) is 3.21. The number of hydrogen-bond acceptors (Lipinski definition) is 4. The molecule has 1 saturated heterocycles. The number of nitrogens with zero attached hydrogens (tertiary/aromatic N) is 2. The molecule has 0 aliphatic carbocycles. The monoisotopic (exact) mass is 412 g/mol. The van der Waals surface area contributed by atoms with Crippen LogP contribution in [0.15, 0.2) is 59.1 Å². The molecule has 2 aromatic carbocycles. The third-order valence-corrected chi connectivity index (χ3v) is 5.13. The Balaban J connectivity index is 1.44. The van der Waals surface area contributed by atoms with Crippen molar-refractivity contribution in [3.8, 4) is 5.75 Å². The predicted molar refractivity (Wildman–Crippen MR) is 106 cm³/mol. The Labute approximate surface area is 173 Å². The molecular weight excluding hydrogens is 390 g/mol. The number of carbonyl (C=O) groups excluding carboxylic acids is 1. The first-order chi connectivity index (χ1) is 14.6. The maximum atomic E-state index is 13.7. The first kappa shape index (κ1) is 20.1. The molecule has 0 radical (unpaired) electrons. The van der Waals surface area contributed by atoms with Crippen molar-refractivity contribution in [2.24, 2.45) is 0 Å². The maximum Gasteiger partial charge on any atom is 0.261 e. The van der Waals surface area contributed by atoms with Crippen LogP contribution in [0.1, 0.15) is 42.5 Å². The van der Waals surface area contributed by atoms with E-state index in [1.807, 2.05) is 6.07 Å². The molecule has 1 fully saturated rings. The lowest BCUT2D eigenvalue weighted by atomic mass is 10.0. The maximum absolute atomic E-state index is 13.7. The number of oxazole rings is 1. The van der Waals surface area contributed by atoms with E-state index in [0.29, 0.717) is 24.6 Å². The summed E-state index contributed by atoms with van der Waals surface area (Å²) in [6.07, 6.45) is 4.59. The SMILES string of the molecule is O=C(COc1ccccc1F)N1CCCC[C@H]1c1ncc(Cc2cccc(F)c2)o1. The van der Waals surface area contributed by atoms with Crippen LogP contribution in [0.2, 0.25) is 0 Å². The highest BCUT2D eigenvalue weighted by Crippen LogP contribution is 2.31. The van der Waals surface area contributed by atoms with Gasteiger partial charge >= 0.3 is 0 Å². The van der Waals surface area contributed by atoms with Gasteiger partial charge in [0.25, 0.3) is 5.91 Å². The second-order valence-electron chi connectivity index (χ2n) is 7.29. The van der Waals surface area contributed by atoms with Gasteiger partial charge in [0, 0.05) is 13.0 Å². The normalized spacial score (nSPS) is 16.5. The highest BCUT2D eigenvalue weighted by atomic mass is 19.1. The minimum atomic E-state index is -0.504. The smallest absolute Gasteiger partial charge is 0.261 e. The van der Waals surface area contributed by atoms with Gasteiger partial charge in [-0.05, 0) is 49.1 Å². The summed E-state index contributed by atoms with van der Waals surface area (Å²) < 4.78 is 38.4. The number of rotatable bonds is 6. The number of amides is 1. The van der Waals surface area contributed by atoms with Crippen LogP contribution in [-0.2, 0) is 11.2 Å². The van der Waals surface area contributed by atoms with Gasteiger partial charge < -0.3 is 14.1 Å². The summed E-state index contributed by atoms with van der Waals surface area (Å²) in [4.78, 5) is 18.8. The van der Waals surface area contributed by atoms with Gasteiger partial charge in [0.1, 0.15) is 17.6 Å². The number of benzene rings is 2. The van der Waals surface area contributed by atoms with Gasteiger partial charge in [0.05, 0.1) is 6.20 Å². The fourth-order valence-corrected chi connectivity index (χ4v) is 3.68. The van der Waals surface area contributed by atoms with E-state index in [-0.39, 0.29) is 30.1 Å². The lowest BCUT2D eigenvalue weighted by Gasteiger charge is -2.33. The van der Waals surface area contributed by atoms with Crippen LogP contribution >= 0.6 is 0 Å². The third kappa shape index (κ3) is 4.67. The molecule has 1 aliphatic heterocycles. The van der Waals surface area contributed by atoms with E-state index in [4.69, 9.17) is 9.15 Å². The summed E-state index contributed by atoms with van der Waals surface area (Å²) in [5.41, 5.74) is 0.785. The van der Waals surface area contributed by atoms with Crippen LogP contribution in [0.3, 0.4) is 0 Å². The molecule has 1 aliphatic rings. The Morgan fingerprint density at radius 3 is 2.87 bits per heavy atom. The van der Waals surface area contributed by atoms with Crippen molar-refractivity contribution < 1.29 is 22.7 Å². The number of hydrogen-bond donors (Lipinski definition) is 0. The van der Waals surface area contributed by atoms with Gasteiger partial charge in [-0.25, -0.2) is 13.8 Å². The highest BCUT2D eigenvalue weighted by molar-refractivity contribution is 5.78. The molecule has 156 valence electrons. The van der Waals surface area contributed by atoms with Crippen molar-refractivity contribution in [1.82, 2.24) is 9.88 Å². The fraction of sp³-hybridized carbons (Fsp3) is 0.304. The standard InChI is InChI=1S/C23H22F2N2O3/c24-17-7-5-6-16(12-17)13-18-14-26-23(30-18)20-9-3-4-11-27(20)22(28)15-29-21-10-2-1-8-19(21)25/h1-2,5-8,10,12,14,20H,3-4,9,11,13,15H2/t20-/m0/s1. The zero-order chi connectivity index (χ0) is 20.9. The molecular formula is C23H22F2N2O3. The van der Waals surface area contributed by atoms with Crippen LogP contribution in [0.5, 0.6) is 5.75 Å². The Hall–Kier alpha value is -3.22. The zero-order valence-corrected chi connectivity index (χ0v) is 16.4. The third-order valence-electron chi connectivity index (χ3n) is 5.13. The quantitative estimate of drug-likeness (QED) is 0.590. The van der Waals surface area contributed by atoms with E-state index >= 15 is 0 Å². The van der Waals surface area contributed by atoms with Crippen molar-refractivity contribution in [1.29, 1.82) is 0 Å². The number of carbonyl (C=O) groups is 1. The molecule has 0 saturated carbocycles. The lowest BCUT2D eigenvalue weighted by Crippen LogP contribution is -2.41. The second-order valence-corrected chi connectivity index (χ2v) is 7.29. The number of halogens is 2. The molecule has 1 amide bonds. The zero-order valence-electron chi connectivity index (χ0n) is 16.4. The molecule has 5 nitrogen and oxygen atoms in total. The van der Waals surface area contributed by atoms with E-state index in [1.165, 1.54) is 24.3 Å². The average molecular weight is 412 g/mol. The van der Waals surface area contributed by atoms with Crippen molar-refractivity contribution in [2.75, 3.05) is 13.2 Å². The molecule has 0 spiro atoms. The molecule has 30 heavy (non-hydrogen) atoms. The topological polar surface area (TPSA) is 55.6 Å². The molecule has 0 N–H and O–H groups in total. The van der Waals surface area contributed by atoms with Crippen LogP contribution in [0.25, 0.3) is 0 Å². The molecule has 2 heterocycles. The molecule has 3 aromatic rings.